The fraction of sp³-hybridized carbons (Fsp3) is 0.333. The van der Waals surface area contributed by atoms with Crippen molar-refractivity contribution in [1.29, 1.82) is 0 Å². The predicted octanol–water partition coefficient (Wildman–Crippen LogP) is 18.2. The highest BCUT2D eigenvalue weighted by Crippen LogP contribution is 2.43. The van der Waals surface area contributed by atoms with Crippen molar-refractivity contribution in [3.8, 4) is 0 Å². The fourth-order valence-corrected chi connectivity index (χ4v) is 24.0. The van der Waals surface area contributed by atoms with Crippen LogP contribution in [0.4, 0.5) is 57.1 Å². The number of sulfone groups is 4. The standard InChI is InChI=1S/C21H19F4N3O2S2.3C21H20F3N3O2S2/c22-16-9-19(32(29,30)12-20-26-13-27-31-20)17(23)8-15(16)11-28-7-6-21(24,25)10-18(28)14-4-2-1-3-5-14;3*22-16-6-7-27(19(9-16)14-4-2-1-3-5-14)11-15-8-18(24)20(10-17(15)23)31(28,29)12-21-25-13-26-30-21/h1-5,8-9,13,18H,6-7,10-12H2;3*1-5,8,10,13,16,19H,6-7,9,11-12H2/t18-;16-,19+;2*16-,19-/m0010/s1. The molecule has 4 aromatic heterocycles. The number of piperidine rings is 4. The van der Waals surface area contributed by atoms with Crippen LogP contribution in [0, 0.1) is 46.5 Å². The number of aromatic nitrogens is 8. The Kier molecular flexibility index (Phi) is 30.8. The number of alkyl halides is 5. The lowest BCUT2D eigenvalue weighted by Gasteiger charge is -2.39. The van der Waals surface area contributed by atoms with Crippen LogP contribution < -0.4 is 0 Å². The van der Waals surface area contributed by atoms with E-state index in [1.165, 1.54) is 25.3 Å². The van der Waals surface area contributed by atoms with Gasteiger partial charge >= 0.3 is 0 Å². The summed E-state index contributed by atoms with van der Waals surface area (Å²) in [5.41, 5.74) is 3.38. The third-order valence-electron chi connectivity index (χ3n) is 21.5. The molecule has 4 saturated heterocycles. The SMILES string of the molecule is O=S(=O)(Cc1ncns1)c1cc(F)c(CN2CCC(F)(F)C[C@H]2c2ccccc2)cc1F.O=S(=O)(Cc1ncns1)c1cc(F)c(CN2CC[C@@H](F)C[C@@H]2c2ccccc2)cc1F.O=S(=O)(Cc1ncns1)c1cc(F)c(CN2CC[C@H](F)C[C@@H]2c2ccccc2)cc1F.O=S(=O)(Cc1ncns1)c1cc(F)c(CN2CC[C@H](F)C[C@H]2c2ccccc2)cc1F. The van der Waals surface area contributed by atoms with Gasteiger partial charge in [-0.25, -0.2) is 111 Å². The largest absolute Gasteiger partial charge is 0.292 e. The van der Waals surface area contributed by atoms with E-state index in [-0.39, 0.29) is 112 Å². The molecule has 12 aromatic rings. The summed E-state index contributed by atoms with van der Waals surface area (Å²) in [6.07, 6.45) is 2.81. The summed E-state index contributed by atoms with van der Waals surface area (Å²) >= 11 is 3.51. The van der Waals surface area contributed by atoms with Crippen LogP contribution in [0.3, 0.4) is 0 Å². The van der Waals surface area contributed by atoms with E-state index in [0.717, 1.165) is 105 Å². The third kappa shape index (κ3) is 24.3. The van der Waals surface area contributed by atoms with Gasteiger partial charge in [0.05, 0.1) is 0 Å². The lowest BCUT2D eigenvalue weighted by Crippen LogP contribution is -2.41. The van der Waals surface area contributed by atoms with Crippen LogP contribution in [0.15, 0.2) is 215 Å². The number of halogens is 13. The average molecular weight is 1890 g/mol. The lowest BCUT2D eigenvalue weighted by molar-refractivity contribution is -0.0817. The van der Waals surface area contributed by atoms with Crippen molar-refractivity contribution in [3.63, 3.8) is 0 Å². The third-order valence-corrected chi connectivity index (χ3v) is 31.4. The molecule has 41 heteroatoms. The molecule has 0 unspecified atom stereocenters. The minimum atomic E-state index is -4.18. The molecule has 4 aliphatic heterocycles. The van der Waals surface area contributed by atoms with Gasteiger partial charge in [-0.1, -0.05) is 121 Å². The van der Waals surface area contributed by atoms with Gasteiger partial charge in [-0.05, 0) is 155 Å². The molecule has 0 saturated carbocycles. The summed E-state index contributed by atoms with van der Waals surface area (Å²) in [6.45, 7) is 1.17. The van der Waals surface area contributed by atoms with Crippen LogP contribution in [-0.4, -0.2) is 141 Å². The lowest BCUT2D eigenvalue weighted by atomic mass is 9.92. The van der Waals surface area contributed by atoms with Gasteiger partial charge < -0.3 is 0 Å². The summed E-state index contributed by atoms with van der Waals surface area (Å²) in [4.78, 5) is 19.6. The minimum absolute atomic E-state index is 0.00921. The highest BCUT2D eigenvalue weighted by Gasteiger charge is 2.42. The highest BCUT2D eigenvalue weighted by molar-refractivity contribution is 7.91. The van der Waals surface area contributed by atoms with Gasteiger partial charge in [0, 0.05) is 112 Å². The summed E-state index contributed by atoms with van der Waals surface area (Å²) in [5, 5.41) is 0.755. The molecule has 0 spiro atoms. The number of rotatable bonds is 24. The number of hydrogen-bond acceptors (Lipinski definition) is 24. The quantitative estimate of drug-likeness (QED) is 0.0510. The van der Waals surface area contributed by atoms with Crippen molar-refractivity contribution in [2.45, 2.75) is 169 Å². The first-order chi connectivity index (χ1) is 59.6. The average Bonchev–Trinajstić information content (AvgIpc) is 1.38. The molecule has 0 aliphatic carbocycles. The first-order valence-electron chi connectivity index (χ1n) is 39.0. The Bertz CT molecular complexity index is 5660. The molecule has 0 radical (unpaired) electrons. The Balaban J connectivity index is 0.000000143. The summed E-state index contributed by atoms with van der Waals surface area (Å²) in [5.74, 6) is -12.6. The molecule has 0 bridgehead atoms. The van der Waals surface area contributed by atoms with E-state index < -0.39 is 172 Å². The zero-order chi connectivity index (χ0) is 89.0. The van der Waals surface area contributed by atoms with Crippen LogP contribution in [0.2, 0.25) is 0 Å². The second kappa shape index (κ2) is 41.2. The van der Waals surface area contributed by atoms with E-state index in [1.807, 2.05) is 106 Å². The van der Waals surface area contributed by atoms with E-state index in [2.05, 4.69) is 37.4 Å². The molecule has 8 heterocycles. The van der Waals surface area contributed by atoms with Crippen molar-refractivity contribution in [2.75, 3.05) is 26.2 Å². The van der Waals surface area contributed by atoms with E-state index in [9.17, 15) is 90.7 Å². The predicted molar refractivity (Wildman–Crippen MR) is 444 cm³/mol. The molecule has 662 valence electrons. The van der Waals surface area contributed by atoms with Crippen molar-refractivity contribution >= 4 is 85.5 Å². The van der Waals surface area contributed by atoms with Gasteiger partial charge in [0.2, 0.25) is 0 Å². The van der Waals surface area contributed by atoms with Gasteiger partial charge in [-0.2, -0.15) is 17.5 Å². The number of likely N-dealkylation sites (tertiary alicyclic amines) is 4. The van der Waals surface area contributed by atoms with Crippen molar-refractivity contribution in [2.24, 2.45) is 0 Å². The van der Waals surface area contributed by atoms with E-state index in [4.69, 9.17) is 0 Å². The van der Waals surface area contributed by atoms with Crippen molar-refractivity contribution < 1.29 is 90.7 Å². The van der Waals surface area contributed by atoms with Gasteiger partial charge in [-0.15, -0.1) is 0 Å². The zero-order valence-corrected chi connectivity index (χ0v) is 72.5. The van der Waals surface area contributed by atoms with Crippen LogP contribution >= 0.6 is 46.1 Å². The van der Waals surface area contributed by atoms with Crippen molar-refractivity contribution in [3.05, 3.63) is 306 Å². The van der Waals surface area contributed by atoms with Gasteiger partial charge in [-0.3, -0.25) is 19.6 Å². The topological polar surface area (TPSA) is 253 Å². The van der Waals surface area contributed by atoms with E-state index in [1.54, 1.807) is 35.2 Å². The Morgan fingerprint density at radius 2 is 0.552 bits per heavy atom. The molecule has 4 fully saturated rings. The van der Waals surface area contributed by atoms with Gasteiger partial charge in [0.1, 0.15) is 153 Å². The molecule has 0 amide bonds. The molecular weight excluding hydrogens is 1810 g/mol. The summed E-state index contributed by atoms with van der Waals surface area (Å²) in [6, 6.07) is 41.6. The van der Waals surface area contributed by atoms with Gasteiger partial charge in [0.15, 0.2) is 39.3 Å². The summed E-state index contributed by atoms with van der Waals surface area (Å²) < 4.78 is 304. The Morgan fingerprint density at radius 3 is 0.784 bits per heavy atom. The normalized spacial score (nSPS) is 19.9. The molecule has 7 atom stereocenters. The van der Waals surface area contributed by atoms with Crippen LogP contribution in [-0.2, 0) is 88.5 Å². The zero-order valence-electron chi connectivity index (χ0n) is 66.0. The van der Waals surface area contributed by atoms with E-state index >= 15 is 0 Å². The highest BCUT2D eigenvalue weighted by atomic mass is 32.2. The fourth-order valence-electron chi connectivity index (χ4n) is 15.3. The second-order valence-electron chi connectivity index (χ2n) is 30.1. The van der Waals surface area contributed by atoms with Gasteiger partial charge in [0.25, 0.3) is 5.92 Å². The number of hydrogen-bond donors (Lipinski definition) is 0. The molecule has 8 aromatic carbocycles. The molecule has 0 N–H and O–H groups in total. The monoisotopic (exact) mass is 1890 g/mol. The second-order valence-corrected chi connectivity index (χ2v) is 41.4. The molecule has 20 nitrogen and oxygen atoms in total. The smallest absolute Gasteiger partial charge is 0.251 e. The molecule has 16 rings (SSSR count). The summed E-state index contributed by atoms with van der Waals surface area (Å²) in [7, 11) is -16.5. The Hall–Kier alpha value is -9.27. The molecular formula is C84H79F13N12O8S8. The maximum Gasteiger partial charge on any atom is 0.251 e. The first-order valence-corrected chi connectivity index (χ1v) is 48.7. The molecule has 4 aliphatic rings. The van der Waals surface area contributed by atoms with Crippen LogP contribution in [0.25, 0.3) is 0 Å². The number of benzene rings is 8. The van der Waals surface area contributed by atoms with Crippen molar-refractivity contribution in [1.82, 2.24) is 57.0 Å². The van der Waals surface area contributed by atoms with Crippen LogP contribution in [0.5, 0.6) is 0 Å². The Labute approximate surface area is 729 Å². The first kappa shape index (κ1) is 93.4. The maximum absolute atomic E-state index is 14.8. The Morgan fingerprint density at radius 1 is 0.320 bits per heavy atom. The van der Waals surface area contributed by atoms with Crippen LogP contribution in [0.1, 0.15) is 140 Å². The van der Waals surface area contributed by atoms with E-state index in [0.29, 0.717) is 50.5 Å². The minimum Gasteiger partial charge on any atom is -0.292 e. The maximum atomic E-state index is 14.8. The number of nitrogens with zero attached hydrogens (tertiary/aromatic N) is 12. The molecule has 125 heavy (non-hydrogen) atoms.